The van der Waals surface area contributed by atoms with Gasteiger partial charge in [0, 0.05) is 24.5 Å². The first-order valence-corrected chi connectivity index (χ1v) is 7.01. The molecule has 2 N–H and O–H groups in total. The molecule has 0 aliphatic carbocycles. The summed E-state index contributed by atoms with van der Waals surface area (Å²) in [5.74, 6) is -1.22. The first-order valence-electron chi connectivity index (χ1n) is 7.01. The van der Waals surface area contributed by atoms with E-state index in [1.807, 2.05) is 31.2 Å². The summed E-state index contributed by atoms with van der Waals surface area (Å²) >= 11 is 0. The summed E-state index contributed by atoms with van der Waals surface area (Å²) in [7, 11) is 0. The maximum Gasteiger partial charge on any atom is 0.305 e. The van der Waals surface area contributed by atoms with Crippen molar-refractivity contribution in [1.29, 1.82) is 0 Å². The van der Waals surface area contributed by atoms with Crippen molar-refractivity contribution in [3.05, 3.63) is 65.5 Å². The van der Waals surface area contributed by atoms with Crippen LogP contribution in [0, 0.1) is 6.92 Å². The van der Waals surface area contributed by atoms with Crippen LogP contribution in [0.4, 0.5) is 0 Å². The van der Waals surface area contributed by atoms with Gasteiger partial charge in [0.05, 0.1) is 12.5 Å². The molecule has 0 aliphatic heterocycles. The van der Waals surface area contributed by atoms with Crippen molar-refractivity contribution in [2.45, 2.75) is 25.9 Å². The van der Waals surface area contributed by atoms with Gasteiger partial charge in [-0.1, -0.05) is 29.8 Å². The number of pyridine rings is 1. The predicted molar refractivity (Wildman–Crippen MR) is 82.6 cm³/mol. The highest BCUT2D eigenvalue weighted by molar-refractivity contribution is 6.01. The molecule has 114 valence electrons. The molecule has 0 bridgehead atoms. The maximum absolute atomic E-state index is 12.5. The number of carbonyl (C=O) groups excluding carboxylic acids is 1. The van der Waals surface area contributed by atoms with Gasteiger partial charge in [-0.3, -0.25) is 14.6 Å². The summed E-state index contributed by atoms with van der Waals surface area (Å²) in [5.41, 5.74) is 2.51. The zero-order valence-electron chi connectivity index (χ0n) is 12.3. The van der Waals surface area contributed by atoms with Gasteiger partial charge in [-0.2, -0.15) is 0 Å². The SMILES string of the molecule is Cc1ccc(C(=O)C(CC(=O)O)NCc2ccncc2)cc1. The van der Waals surface area contributed by atoms with E-state index in [9.17, 15) is 9.59 Å². The minimum absolute atomic E-state index is 0.212. The first-order chi connectivity index (χ1) is 10.6. The van der Waals surface area contributed by atoms with Crippen molar-refractivity contribution in [1.82, 2.24) is 10.3 Å². The molecule has 0 spiro atoms. The molecule has 0 fully saturated rings. The number of rotatable bonds is 7. The number of benzene rings is 1. The molecule has 2 aromatic rings. The van der Waals surface area contributed by atoms with Crippen molar-refractivity contribution >= 4 is 11.8 Å². The number of aliphatic carboxylic acids is 1. The lowest BCUT2D eigenvalue weighted by Gasteiger charge is -2.16. The molecular formula is C17H18N2O3. The minimum atomic E-state index is -1.01. The molecule has 0 aliphatic rings. The van der Waals surface area contributed by atoms with Crippen LogP contribution in [-0.2, 0) is 11.3 Å². The largest absolute Gasteiger partial charge is 0.481 e. The minimum Gasteiger partial charge on any atom is -0.481 e. The number of hydrogen-bond donors (Lipinski definition) is 2. The van der Waals surface area contributed by atoms with Crippen molar-refractivity contribution < 1.29 is 14.7 Å². The summed E-state index contributed by atoms with van der Waals surface area (Å²) in [5, 5.41) is 12.0. The van der Waals surface area contributed by atoms with Crippen LogP contribution in [0.1, 0.15) is 27.9 Å². The molecule has 1 heterocycles. The third-order valence-corrected chi connectivity index (χ3v) is 3.33. The quantitative estimate of drug-likeness (QED) is 0.766. The lowest BCUT2D eigenvalue weighted by Crippen LogP contribution is -2.38. The molecule has 0 saturated heterocycles. The highest BCUT2D eigenvalue weighted by Gasteiger charge is 2.22. The normalized spacial score (nSPS) is 11.9. The Morgan fingerprint density at radius 3 is 2.36 bits per heavy atom. The van der Waals surface area contributed by atoms with E-state index in [-0.39, 0.29) is 12.2 Å². The summed E-state index contributed by atoms with van der Waals surface area (Å²) in [6, 6.07) is 10.0. The number of aromatic nitrogens is 1. The van der Waals surface area contributed by atoms with Crippen LogP contribution in [0.2, 0.25) is 0 Å². The van der Waals surface area contributed by atoms with E-state index in [0.717, 1.165) is 11.1 Å². The topological polar surface area (TPSA) is 79.3 Å². The van der Waals surface area contributed by atoms with Crippen molar-refractivity contribution in [3.63, 3.8) is 0 Å². The number of nitrogens with one attached hydrogen (secondary N) is 1. The molecule has 0 radical (unpaired) electrons. The smallest absolute Gasteiger partial charge is 0.305 e. The molecule has 0 amide bonds. The molecule has 1 aromatic heterocycles. The second-order valence-corrected chi connectivity index (χ2v) is 5.12. The number of carboxylic acid groups (broad SMARTS) is 1. The summed E-state index contributed by atoms with van der Waals surface area (Å²) in [4.78, 5) is 27.4. The van der Waals surface area contributed by atoms with Gasteiger partial charge >= 0.3 is 5.97 Å². The number of carboxylic acids is 1. The van der Waals surface area contributed by atoms with Gasteiger partial charge in [-0.15, -0.1) is 0 Å². The predicted octanol–water partition coefficient (Wildman–Crippen LogP) is 2.21. The molecule has 1 atom stereocenters. The highest BCUT2D eigenvalue weighted by Crippen LogP contribution is 2.09. The van der Waals surface area contributed by atoms with Gasteiger partial charge < -0.3 is 10.4 Å². The van der Waals surface area contributed by atoms with E-state index >= 15 is 0 Å². The molecule has 5 heteroatoms. The first kappa shape index (κ1) is 15.9. The number of ketones is 1. The Kier molecular flexibility index (Phi) is 5.38. The molecule has 5 nitrogen and oxygen atoms in total. The van der Waals surface area contributed by atoms with Crippen LogP contribution in [0.5, 0.6) is 0 Å². The number of hydrogen-bond acceptors (Lipinski definition) is 4. The third-order valence-electron chi connectivity index (χ3n) is 3.33. The Balaban J connectivity index is 2.09. The van der Waals surface area contributed by atoms with Crippen LogP contribution < -0.4 is 5.32 Å². The van der Waals surface area contributed by atoms with Gasteiger partial charge in [0.25, 0.3) is 0 Å². The fourth-order valence-electron chi connectivity index (χ4n) is 2.09. The monoisotopic (exact) mass is 298 g/mol. The number of Topliss-reactive ketones (excluding diaryl/α,β-unsaturated/α-hetero) is 1. The summed E-state index contributed by atoms with van der Waals surface area (Å²) < 4.78 is 0. The van der Waals surface area contributed by atoms with Crippen LogP contribution in [0.15, 0.2) is 48.8 Å². The average Bonchev–Trinajstić information content (AvgIpc) is 2.52. The highest BCUT2D eigenvalue weighted by atomic mass is 16.4. The fourth-order valence-corrected chi connectivity index (χ4v) is 2.09. The van der Waals surface area contributed by atoms with E-state index in [1.165, 1.54) is 0 Å². The van der Waals surface area contributed by atoms with Crippen molar-refractivity contribution in [2.75, 3.05) is 0 Å². The third kappa shape index (κ3) is 4.49. The molecule has 2 rings (SSSR count). The van der Waals surface area contributed by atoms with Gasteiger partial charge in [-0.05, 0) is 24.6 Å². The molecule has 1 aromatic carbocycles. The molecule has 22 heavy (non-hydrogen) atoms. The standard InChI is InChI=1S/C17H18N2O3/c1-12-2-4-14(5-3-12)17(22)15(10-16(20)21)19-11-13-6-8-18-9-7-13/h2-9,15,19H,10-11H2,1H3,(H,20,21). The van der Waals surface area contributed by atoms with Crippen molar-refractivity contribution in [3.8, 4) is 0 Å². The second kappa shape index (κ2) is 7.47. The van der Waals surface area contributed by atoms with Crippen LogP contribution in [0.3, 0.4) is 0 Å². The second-order valence-electron chi connectivity index (χ2n) is 5.12. The average molecular weight is 298 g/mol. The van der Waals surface area contributed by atoms with Crippen LogP contribution >= 0.6 is 0 Å². The van der Waals surface area contributed by atoms with Gasteiger partial charge in [0.1, 0.15) is 0 Å². The summed E-state index contributed by atoms with van der Waals surface area (Å²) in [6.45, 7) is 2.35. The van der Waals surface area contributed by atoms with Gasteiger partial charge in [0.15, 0.2) is 5.78 Å². The Bertz CT molecular complexity index is 639. The number of aryl methyl sites for hydroxylation is 1. The fraction of sp³-hybridized carbons (Fsp3) is 0.235. The van der Waals surface area contributed by atoms with Gasteiger partial charge in [0.2, 0.25) is 0 Å². The Labute approximate surface area is 129 Å². The number of nitrogens with zero attached hydrogens (tertiary/aromatic N) is 1. The van der Waals surface area contributed by atoms with Crippen molar-refractivity contribution in [2.24, 2.45) is 0 Å². The zero-order chi connectivity index (χ0) is 15.9. The molecule has 1 unspecified atom stereocenters. The van der Waals surface area contributed by atoms with E-state index in [0.29, 0.717) is 12.1 Å². The Hall–Kier alpha value is -2.53. The molecule has 0 saturated carbocycles. The maximum atomic E-state index is 12.5. The Morgan fingerprint density at radius 1 is 1.14 bits per heavy atom. The van der Waals surface area contributed by atoms with E-state index in [2.05, 4.69) is 10.3 Å². The lowest BCUT2D eigenvalue weighted by molar-refractivity contribution is -0.137. The van der Waals surface area contributed by atoms with Crippen LogP contribution in [-0.4, -0.2) is 27.9 Å². The lowest BCUT2D eigenvalue weighted by atomic mass is 10.0. The zero-order valence-corrected chi connectivity index (χ0v) is 12.3. The number of carbonyl (C=O) groups is 2. The van der Waals surface area contributed by atoms with Crippen LogP contribution in [0.25, 0.3) is 0 Å². The molecular weight excluding hydrogens is 280 g/mol. The Morgan fingerprint density at radius 2 is 1.77 bits per heavy atom. The van der Waals surface area contributed by atoms with Gasteiger partial charge in [-0.25, -0.2) is 0 Å². The van der Waals surface area contributed by atoms with E-state index < -0.39 is 12.0 Å². The summed E-state index contributed by atoms with van der Waals surface area (Å²) in [6.07, 6.45) is 3.06. The van der Waals surface area contributed by atoms with E-state index in [1.54, 1.807) is 24.5 Å². The van der Waals surface area contributed by atoms with E-state index in [4.69, 9.17) is 5.11 Å².